The molecule has 0 heterocycles. The minimum absolute atomic E-state index is 0.0373. The molecular formula is C12H19N3O3S. The number of nitrogens with two attached hydrogens (primary N) is 1. The third-order valence-corrected chi connectivity index (χ3v) is 3.51. The van der Waals surface area contributed by atoms with Crippen LogP contribution in [-0.4, -0.2) is 33.2 Å². The van der Waals surface area contributed by atoms with Crippen LogP contribution < -0.4 is 16.4 Å². The van der Waals surface area contributed by atoms with E-state index in [1.807, 2.05) is 13.8 Å². The molecule has 6 nitrogen and oxygen atoms in total. The lowest BCUT2D eigenvalue weighted by molar-refractivity contribution is -0.119. The van der Waals surface area contributed by atoms with Crippen LogP contribution in [0.1, 0.15) is 13.8 Å². The molecule has 1 rings (SSSR count). The topological polar surface area (TPSA) is 101 Å². The van der Waals surface area contributed by atoms with Gasteiger partial charge in [0.15, 0.2) is 9.84 Å². The summed E-state index contributed by atoms with van der Waals surface area (Å²) in [5, 5.41) is 5.55. The maximum Gasteiger partial charge on any atom is 0.239 e. The van der Waals surface area contributed by atoms with Gasteiger partial charge in [-0.05, 0) is 26.0 Å². The normalized spacial score (nSPS) is 11.4. The van der Waals surface area contributed by atoms with Crippen LogP contribution in [0.4, 0.5) is 11.4 Å². The fourth-order valence-electron chi connectivity index (χ4n) is 1.57. The SMILES string of the molecule is CC(C)NC(=O)CNc1cccc(S(C)(=O)=O)c1N. The van der Waals surface area contributed by atoms with Gasteiger partial charge in [0, 0.05) is 12.3 Å². The number of benzene rings is 1. The van der Waals surface area contributed by atoms with Crippen molar-refractivity contribution < 1.29 is 13.2 Å². The third kappa shape index (κ3) is 4.44. The highest BCUT2D eigenvalue weighted by atomic mass is 32.2. The number of sulfone groups is 1. The molecule has 1 amide bonds. The molecule has 4 N–H and O–H groups in total. The number of hydrogen-bond donors (Lipinski definition) is 3. The van der Waals surface area contributed by atoms with Crippen molar-refractivity contribution in [2.75, 3.05) is 23.9 Å². The smallest absolute Gasteiger partial charge is 0.239 e. The molecule has 0 saturated heterocycles. The molecule has 0 unspecified atom stereocenters. The highest BCUT2D eigenvalue weighted by Gasteiger charge is 2.14. The highest BCUT2D eigenvalue weighted by molar-refractivity contribution is 7.90. The summed E-state index contributed by atoms with van der Waals surface area (Å²) in [6, 6.07) is 4.69. The maximum atomic E-state index is 11.5. The van der Waals surface area contributed by atoms with Gasteiger partial charge in [0.25, 0.3) is 0 Å². The van der Waals surface area contributed by atoms with Crippen LogP contribution in [0.2, 0.25) is 0 Å². The van der Waals surface area contributed by atoms with Crippen molar-refractivity contribution in [3.63, 3.8) is 0 Å². The van der Waals surface area contributed by atoms with Gasteiger partial charge in [-0.15, -0.1) is 0 Å². The van der Waals surface area contributed by atoms with Crippen LogP contribution in [0.25, 0.3) is 0 Å². The zero-order valence-corrected chi connectivity index (χ0v) is 12.0. The fraction of sp³-hybridized carbons (Fsp3) is 0.417. The number of nitrogen functional groups attached to an aromatic ring is 1. The Bertz CT molecular complexity index is 568. The van der Waals surface area contributed by atoms with E-state index in [2.05, 4.69) is 10.6 Å². The summed E-state index contributed by atoms with van der Waals surface area (Å²) in [5.41, 5.74) is 6.34. The lowest BCUT2D eigenvalue weighted by atomic mass is 10.2. The second kappa shape index (κ2) is 5.92. The second-order valence-electron chi connectivity index (χ2n) is 4.57. The predicted octanol–water partition coefficient (Wildman–Crippen LogP) is 0.609. The van der Waals surface area contributed by atoms with Gasteiger partial charge in [0.1, 0.15) is 0 Å². The molecule has 0 aliphatic heterocycles. The first-order valence-corrected chi connectivity index (χ1v) is 7.72. The molecule has 0 spiro atoms. The number of rotatable bonds is 5. The van der Waals surface area contributed by atoms with Crippen LogP contribution >= 0.6 is 0 Å². The summed E-state index contributed by atoms with van der Waals surface area (Å²) in [6.07, 6.45) is 1.09. The lowest BCUT2D eigenvalue weighted by Crippen LogP contribution is -2.34. The number of amides is 1. The molecule has 0 fully saturated rings. The van der Waals surface area contributed by atoms with E-state index >= 15 is 0 Å². The molecule has 0 radical (unpaired) electrons. The fourth-order valence-corrected chi connectivity index (χ4v) is 2.41. The summed E-state index contributed by atoms with van der Waals surface area (Å²) < 4.78 is 23.0. The Morgan fingerprint density at radius 3 is 2.53 bits per heavy atom. The van der Waals surface area contributed by atoms with Crippen LogP contribution in [0.3, 0.4) is 0 Å². The third-order valence-electron chi connectivity index (χ3n) is 2.35. The van der Waals surface area contributed by atoms with Gasteiger partial charge in [0.05, 0.1) is 22.8 Å². The lowest BCUT2D eigenvalue weighted by Gasteiger charge is -2.13. The molecule has 7 heteroatoms. The molecule has 0 aliphatic carbocycles. The average Bonchev–Trinajstić information content (AvgIpc) is 2.25. The first kappa shape index (κ1) is 15.3. The number of carbonyl (C=O) groups excluding carboxylic acids is 1. The van der Waals surface area contributed by atoms with Crippen LogP contribution in [-0.2, 0) is 14.6 Å². The molecule has 0 aliphatic rings. The monoisotopic (exact) mass is 285 g/mol. The Morgan fingerprint density at radius 1 is 1.37 bits per heavy atom. The van der Waals surface area contributed by atoms with E-state index in [4.69, 9.17) is 5.73 Å². The Balaban J connectivity index is 2.84. The van der Waals surface area contributed by atoms with Gasteiger partial charge in [-0.2, -0.15) is 0 Å². The summed E-state index contributed by atoms with van der Waals surface area (Å²) in [5.74, 6) is -0.181. The van der Waals surface area contributed by atoms with Crippen molar-refractivity contribution in [3.8, 4) is 0 Å². The molecule has 0 aromatic heterocycles. The Hall–Kier alpha value is -1.76. The molecular weight excluding hydrogens is 266 g/mol. The predicted molar refractivity (Wildman–Crippen MR) is 75.7 cm³/mol. The second-order valence-corrected chi connectivity index (χ2v) is 6.55. The van der Waals surface area contributed by atoms with Gasteiger partial charge in [-0.25, -0.2) is 8.42 Å². The zero-order chi connectivity index (χ0) is 14.6. The van der Waals surface area contributed by atoms with Gasteiger partial charge in [-0.1, -0.05) is 6.07 Å². The molecule has 0 bridgehead atoms. The van der Waals surface area contributed by atoms with E-state index in [1.165, 1.54) is 6.07 Å². The van der Waals surface area contributed by atoms with E-state index < -0.39 is 9.84 Å². The van der Waals surface area contributed by atoms with E-state index in [0.717, 1.165) is 6.26 Å². The molecule has 0 saturated carbocycles. The van der Waals surface area contributed by atoms with Gasteiger partial charge in [-0.3, -0.25) is 4.79 Å². The van der Waals surface area contributed by atoms with Crippen LogP contribution in [0, 0.1) is 0 Å². The zero-order valence-electron chi connectivity index (χ0n) is 11.2. The molecule has 106 valence electrons. The Kier molecular flexibility index (Phi) is 4.77. The molecule has 1 aromatic rings. The average molecular weight is 285 g/mol. The first-order valence-electron chi connectivity index (χ1n) is 5.83. The number of para-hydroxylation sites is 1. The van der Waals surface area contributed by atoms with Crippen molar-refractivity contribution >= 4 is 27.1 Å². The van der Waals surface area contributed by atoms with E-state index in [9.17, 15) is 13.2 Å². The van der Waals surface area contributed by atoms with Crippen LogP contribution in [0.15, 0.2) is 23.1 Å². The highest BCUT2D eigenvalue weighted by Crippen LogP contribution is 2.26. The molecule has 1 aromatic carbocycles. The summed E-state index contributed by atoms with van der Waals surface area (Å²) in [6.45, 7) is 3.75. The van der Waals surface area contributed by atoms with E-state index in [-0.39, 0.29) is 29.1 Å². The van der Waals surface area contributed by atoms with E-state index in [0.29, 0.717) is 5.69 Å². The molecule has 0 atom stereocenters. The number of nitrogens with one attached hydrogen (secondary N) is 2. The minimum atomic E-state index is -3.38. The number of anilines is 2. The summed E-state index contributed by atoms with van der Waals surface area (Å²) in [4.78, 5) is 11.5. The van der Waals surface area contributed by atoms with Crippen molar-refractivity contribution in [3.05, 3.63) is 18.2 Å². The van der Waals surface area contributed by atoms with Gasteiger partial charge in [0.2, 0.25) is 5.91 Å². The standard InChI is InChI=1S/C12H19N3O3S/c1-8(2)15-11(16)7-14-9-5-4-6-10(12(9)13)19(3,17)18/h4-6,8,14H,7,13H2,1-3H3,(H,15,16). The number of hydrogen-bond acceptors (Lipinski definition) is 5. The number of carbonyl (C=O) groups is 1. The quantitative estimate of drug-likeness (QED) is 0.688. The summed E-state index contributed by atoms with van der Waals surface area (Å²) in [7, 11) is -3.38. The van der Waals surface area contributed by atoms with Crippen molar-refractivity contribution in [2.24, 2.45) is 0 Å². The van der Waals surface area contributed by atoms with E-state index in [1.54, 1.807) is 12.1 Å². The van der Waals surface area contributed by atoms with Gasteiger partial charge >= 0.3 is 0 Å². The summed E-state index contributed by atoms with van der Waals surface area (Å²) >= 11 is 0. The van der Waals surface area contributed by atoms with Crippen molar-refractivity contribution in [1.82, 2.24) is 5.32 Å². The Labute approximate surface area is 113 Å². The molecule has 19 heavy (non-hydrogen) atoms. The van der Waals surface area contributed by atoms with Gasteiger partial charge < -0.3 is 16.4 Å². The minimum Gasteiger partial charge on any atom is -0.396 e. The van der Waals surface area contributed by atoms with Crippen LogP contribution in [0.5, 0.6) is 0 Å². The van der Waals surface area contributed by atoms with Crippen molar-refractivity contribution in [2.45, 2.75) is 24.8 Å². The largest absolute Gasteiger partial charge is 0.396 e. The Morgan fingerprint density at radius 2 is 2.00 bits per heavy atom. The van der Waals surface area contributed by atoms with Crippen molar-refractivity contribution in [1.29, 1.82) is 0 Å². The maximum absolute atomic E-state index is 11.5. The first-order chi connectivity index (χ1) is 8.71.